The van der Waals surface area contributed by atoms with Gasteiger partial charge in [-0.05, 0) is 17.7 Å². The molecule has 2 aliphatic rings. The monoisotopic (exact) mass is 467 g/mol. The van der Waals surface area contributed by atoms with Crippen LogP contribution in [-0.2, 0) is 16.1 Å². The number of nitrogens with one attached hydrogen (secondary N) is 1. The van der Waals surface area contributed by atoms with Crippen LogP contribution in [0.3, 0.4) is 0 Å². The molecule has 2 aromatic carbocycles. The number of ether oxygens (including phenoxy) is 1. The lowest BCUT2D eigenvalue weighted by atomic mass is 10.1. The normalized spacial score (nSPS) is 20.0. The fourth-order valence-electron chi connectivity index (χ4n) is 4.33. The topological polar surface area (TPSA) is 109 Å². The fourth-order valence-corrected chi connectivity index (χ4v) is 4.33. The lowest BCUT2D eigenvalue weighted by Gasteiger charge is -2.47. The summed E-state index contributed by atoms with van der Waals surface area (Å²) in [5.41, 5.74) is 1.84. The third-order valence-corrected chi connectivity index (χ3v) is 6.22. The zero-order valence-electron chi connectivity index (χ0n) is 18.9. The van der Waals surface area contributed by atoms with Crippen molar-refractivity contribution in [2.24, 2.45) is 0 Å². The number of nitriles is 1. The van der Waals surface area contributed by atoms with Crippen LogP contribution in [0.2, 0.25) is 0 Å². The molecule has 2 aromatic rings. The first-order valence-corrected chi connectivity index (χ1v) is 11.1. The van der Waals surface area contributed by atoms with E-state index in [0.717, 1.165) is 5.56 Å². The predicted molar refractivity (Wildman–Crippen MR) is 124 cm³/mol. The van der Waals surface area contributed by atoms with Crippen molar-refractivity contribution < 1.29 is 18.7 Å². The molecular weight excluding hydrogens is 441 g/mol. The maximum absolute atomic E-state index is 15.1. The van der Waals surface area contributed by atoms with Crippen molar-refractivity contribution in [3.8, 4) is 6.07 Å². The van der Waals surface area contributed by atoms with E-state index < -0.39 is 22.7 Å². The molecule has 2 saturated heterocycles. The number of anilines is 1. The van der Waals surface area contributed by atoms with E-state index in [1.54, 1.807) is 12.1 Å². The number of rotatable bonds is 6. The van der Waals surface area contributed by atoms with Gasteiger partial charge < -0.3 is 19.9 Å². The average Bonchev–Trinajstić information content (AvgIpc) is 3.20. The second-order valence-corrected chi connectivity index (χ2v) is 8.57. The van der Waals surface area contributed by atoms with Gasteiger partial charge in [0.2, 0.25) is 5.91 Å². The summed E-state index contributed by atoms with van der Waals surface area (Å²) < 4.78 is 19.5. The molecule has 0 spiro atoms. The molecule has 4 rings (SSSR count). The van der Waals surface area contributed by atoms with Crippen LogP contribution in [0.4, 0.5) is 20.6 Å². The third kappa shape index (κ3) is 5.02. The summed E-state index contributed by atoms with van der Waals surface area (Å²) in [6, 6.07) is 13.7. The lowest BCUT2D eigenvalue weighted by molar-refractivity contribution is -0.119. The number of hydrogen-bond acceptors (Lipinski definition) is 6. The molecule has 0 aliphatic carbocycles. The van der Waals surface area contributed by atoms with E-state index in [0.29, 0.717) is 30.9 Å². The number of amides is 2. The Bertz CT molecular complexity index is 1130. The van der Waals surface area contributed by atoms with E-state index >= 15 is 4.39 Å². The summed E-state index contributed by atoms with van der Waals surface area (Å²) in [7, 11) is 0. The van der Waals surface area contributed by atoms with Gasteiger partial charge in [-0.1, -0.05) is 18.2 Å². The summed E-state index contributed by atoms with van der Waals surface area (Å²) in [6.07, 6.45) is -1.16. The molecule has 0 unspecified atom stereocenters. The highest BCUT2D eigenvalue weighted by Gasteiger charge is 2.35. The first-order chi connectivity index (χ1) is 16.3. The van der Waals surface area contributed by atoms with Gasteiger partial charge in [0.1, 0.15) is 6.10 Å². The minimum atomic E-state index is -0.794. The lowest BCUT2D eigenvalue weighted by Crippen LogP contribution is -2.57. The third-order valence-electron chi connectivity index (χ3n) is 6.22. The summed E-state index contributed by atoms with van der Waals surface area (Å²) in [5, 5.41) is 25.3. The van der Waals surface area contributed by atoms with Crippen molar-refractivity contribution in [1.82, 2.24) is 14.9 Å². The highest BCUT2D eigenvalue weighted by Crippen LogP contribution is 2.32. The molecule has 178 valence electrons. The number of carbonyl (C=O) groups is 2. The fraction of sp³-hybridized carbons (Fsp3) is 0.375. The zero-order chi connectivity index (χ0) is 24.3. The van der Waals surface area contributed by atoms with Crippen molar-refractivity contribution in [1.29, 1.82) is 5.26 Å². The standard InChI is InChI=1S/C24H26FN5O4/c1-17(31)27-14-21-16-29(24(32)34-21)20-6-7-23(22(25)12-20)30(33)10-8-28(9-11-30)15-19-5-3-2-4-18(19)13-26/h2-7,12,21H,8-11,14-16H2,1H3,(H,27,31)/t21-/m0/s1. The van der Waals surface area contributed by atoms with Crippen LogP contribution in [0, 0.1) is 22.4 Å². The molecule has 9 nitrogen and oxygen atoms in total. The molecule has 0 aromatic heterocycles. The molecule has 2 amide bonds. The molecule has 34 heavy (non-hydrogen) atoms. The summed E-state index contributed by atoms with van der Waals surface area (Å²) >= 11 is 0. The molecule has 1 atom stereocenters. The second-order valence-electron chi connectivity index (χ2n) is 8.57. The average molecular weight is 468 g/mol. The number of carbonyl (C=O) groups excluding carboxylic acids is 2. The van der Waals surface area contributed by atoms with E-state index in [1.165, 1.54) is 24.0 Å². The van der Waals surface area contributed by atoms with Crippen LogP contribution in [-0.4, -0.2) is 62.3 Å². The van der Waals surface area contributed by atoms with Crippen LogP contribution in [0.1, 0.15) is 18.1 Å². The Morgan fingerprint density at radius 2 is 2.03 bits per heavy atom. The number of quaternary nitrogens is 1. The minimum Gasteiger partial charge on any atom is -0.627 e. The molecular formula is C24H26FN5O4. The highest BCUT2D eigenvalue weighted by molar-refractivity contribution is 5.90. The number of cyclic esters (lactones) is 1. The molecule has 10 heteroatoms. The Hall–Kier alpha value is -3.52. The number of hydrogen-bond donors (Lipinski definition) is 1. The Morgan fingerprint density at radius 1 is 1.29 bits per heavy atom. The predicted octanol–water partition coefficient (Wildman–Crippen LogP) is 2.48. The van der Waals surface area contributed by atoms with Crippen LogP contribution in [0.25, 0.3) is 0 Å². The molecule has 2 aliphatic heterocycles. The Labute approximate surface area is 197 Å². The smallest absolute Gasteiger partial charge is 0.414 e. The number of benzene rings is 2. The molecule has 1 N–H and O–H groups in total. The van der Waals surface area contributed by atoms with Crippen LogP contribution < -0.4 is 14.9 Å². The minimum absolute atomic E-state index is 0.0307. The van der Waals surface area contributed by atoms with E-state index in [9.17, 15) is 20.1 Å². The van der Waals surface area contributed by atoms with Crippen molar-refractivity contribution in [3.05, 3.63) is 64.6 Å². The number of halogens is 1. The molecule has 0 radical (unpaired) electrons. The largest absolute Gasteiger partial charge is 0.627 e. The van der Waals surface area contributed by atoms with E-state index in [4.69, 9.17) is 4.74 Å². The number of nitrogens with zero attached hydrogens (tertiary/aromatic N) is 4. The zero-order valence-corrected chi connectivity index (χ0v) is 18.9. The maximum atomic E-state index is 15.1. The first-order valence-electron chi connectivity index (χ1n) is 11.1. The van der Waals surface area contributed by atoms with Gasteiger partial charge in [0.15, 0.2) is 11.5 Å². The van der Waals surface area contributed by atoms with Gasteiger partial charge in [-0.2, -0.15) is 5.26 Å². The Morgan fingerprint density at radius 3 is 2.71 bits per heavy atom. The SMILES string of the molecule is CC(=O)NC[C@H]1CN(c2ccc([N+]3([O-])CCN(Cc4ccccc4C#N)CC3)c(F)c2)C(=O)O1. The Kier molecular flexibility index (Phi) is 6.79. The quantitative estimate of drug-likeness (QED) is 0.517. The van der Waals surface area contributed by atoms with Gasteiger partial charge in [0, 0.05) is 38.7 Å². The molecule has 0 bridgehead atoms. The van der Waals surface area contributed by atoms with E-state index in [-0.39, 0.29) is 37.8 Å². The number of hydroxylamine groups is 2. The Balaban J connectivity index is 1.41. The number of piperazine rings is 1. The first kappa shape index (κ1) is 23.6. The maximum Gasteiger partial charge on any atom is 0.414 e. The van der Waals surface area contributed by atoms with Gasteiger partial charge in [0.25, 0.3) is 0 Å². The summed E-state index contributed by atoms with van der Waals surface area (Å²) in [5.74, 6) is -0.905. The molecule has 2 heterocycles. The van der Waals surface area contributed by atoms with Gasteiger partial charge in [-0.15, -0.1) is 0 Å². The summed E-state index contributed by atoms with van der Waals surface area (Å²) in [6.45, 7) is 3.56. The van der Waals surface area contributed by atoms with Crippen LogP contribution in [0.5, 0.6) is 0 Å². The van der Waals surface area contributed by atoms with Crippen molar-refractivity contribution in [3.63, 3.8) is 0 Å². The van der Waals surface area contributed by atoms with Crippen molar-refractivity contribution in [2.75, 3.05) is 44.2 Å². The van der Waals surface area contributed by atoms with Gasteiger partial charge in [-0.3, -0.25) is 14.6 Å². The summed E-state index contributed by atoms with van der Waals surface area (Å²) in [4.78, 5) is 26.7. The van der Waals surface area contributed by atoms with Gasteiger partial charge >= 0.3 is 6.09 Å². The second kappa shape index (κ2) is 9.77. The molecule has 2 fully saturated rings. The van der Waals surface area contributed by atoms with Crippen molar-refractivity contribution >= 4 is 23.4 Å². The van der Waals surface area contributed by atoms with Crippen LogP contribution >= 0.6 is 0 Å². The van der Waals surface area contributed by atoms with E-state index in [1.807, 2.05) is 18.2 Å². The van der Waals surface area contributed by atoms with Gasteiger partial charge in [0.05, 0.1) is 43.5 Å². The van der Waals surface area contributed by atoms with Crippen molar-refractivity contribution in [2.45, 2.75) is 19.6 Å². The molecule has 0 saturated carbocycles. The van der Waals surface area contributed by atoms with Gasteiger partial charge in [-0.25, -0.2) is 9.18 Å². The highest BCUT2D eigenvalue weighted by atomic mass is 19.1. The van der Waals surface area contributed by atoms with Crippen LogP contribution in [0.15, 0.2) is 42.5 Å². The van der Waals surface area contributed by atoms with E-state index in [2.05, 4.69) is 16.3 Å².